The zero-order valence-electron chi connectivity index (χ0n) is 15.0. The molecule has 1 fully saturated rings. The molecule has 0 bridgehead atoms. The largest absolute Gasteiger partial charge is 0.494 e. The van der Waals surface area contributed by atoms with Crippen LogP contribution in [0.4, 0.5) is 11.4 Å². The van der Waals surface area contributed by atoms with Crippen LogP contribution in [0.5, 0.6) is 5.75 Å². The van der Waals surface area contributed by atoms with Gasteiger partial charge in [-0.15, -0.1) is 0 Å². The lowest BCUT2D eigenvalue weighted by molar-refractivity contribution is 0.102. The quantitative estimate of drug-likeness (QED) is 0.858. The van der Waals surface area contributed by atoms with E-state index >= 15 is 0 Å². The van der Waals surface area contributed by atoms with Gasteiger partial charge in [-0.3, -0.25) is 4.79 Å². The molecule has 2 aromatic carbocycles. The molecule has 1 heterocycles. The summed E-state index contributed by atoms with van der Waals surface area (Å²) in [5.74, 6) is 0.588. The number of hydrogen-bond donors (Lipinski definition) is 1. The highest BCUT2D eigenvalue weighted by molar-refractivity contribution is 6.04. The lowest BCUT2D eigenvalue weighted by Gasteiger charge is -2.35. The first kappa shape index (κ1) is 17.3. The number of nitrogens with one attached hydrogen (secondary N) is 1. The van der Waals surface area contributed by atoms with E-state index in [1.165, 1.54) is 24.9 Å². The molecule has 3 rings (SSSR count). The second kappa shape index (κ2) is 8.06. The molecule has 0 spiro atoms. The van der Waals surface area contributed by atoms with Crippen molar-refractivity contribution in [3.8, 4) is 5.75 Å². The third-order valence-corrected chi connectivity index (χ3v) is 4.67. The summed E-state index contributed by atoms with van der Waals surface area (Å²) >= 11 is 0. The molecule has 1 amide bonds. The van der Waals surface area contributed by atoms with Crippen molar-refractivity contribution in [2.45, 2.75) is 39.2 Å². The Morgan fingerprint density at radius 3 is 2.72 bits per heavy atom. The normalized spacial score (nSPS) is 17.2. The van der Waals surface area contributed by atoms with Crippen LogP contribution in [-0.4, -0.2) is 25.1 Å². The molecular formula is C21H26N2O2. The molecule has 1 aliphatic rings. The van der Waals surface area contributed by atoms with Gasteiger partial charge in [0.25, 0.3) is 5.91 Å². The number of carbonyl (C=O) groups is 1. The number of amides is 1. The molecular weight excluding hydrogens is 312 g/mol. The lowest BCUT2D eigenvalue weighted by atomic mass is 10.0. The maximum Gasteiger partial charge on any atom is 0.255 e. The molecule has 4 heteroatoms. The Kier molecular flexibility index (Phi) is 5.59. The van der Waals surface area contributed by atoms with Gasteiger partial charge in [0.15, 0.2) is 0 Å². The summed E-state index contributed by atoms with van der Waals surface area (Å²) in [6.07, 6.45) is 3.81. The minimum atomic E-state index is -0.124. The predicted octanol–water partition coefficient (Wildman–Crippen LogP) is 4.72. The average Bonchev–Trinajstić information content (AvgIpc) is 2.63. The van der Waals surface area contributed by atoms with E-state index in [0.717, 1.165) is 12.2 Å². The van der Waals surface area contributed by atoms with Crippen molar-refractivity contribution in [2.75, 3.05) is 23.4 Å². The zero-order chi connectivity index (χ0) is 17.6. The average molecular weight is 338 g/mol. The van der Waals surface area contributed by atoms with E-state index in [-0.39, 0.29) is 5.91 Å². The fourth-order valence-corrected chi connectivity index (χ4v) is 3.31. The van der Waals surface area contributed by atoms with Crippen LogP contribution in [0, 0.1) is 0 Å². The molecule has 4 nitrogen and oxygen atoms in total. The summed E-state index contributed by atoms with van der Waals surface area (Å²) in [6, 6.07) is 16.0. The minimum Gasteiger partial charge on any atom is -0.494 e. The third-order valence-electron chi connectivity index (χ3n) is 4.67. The molecule has 0 unspecified atom stereocenters. The molecule has 1 saturated heterocycles. The van der Waals surface area contributed by atoms with E-state index in [9.17, 15) is 4.79 Å². The standard InChI is InChI=1S/C21H26N2O2/c1-3-25-20-9-6-8-17(15-20)21(24)22-18-10-12-19(13-11-18)23-14-5-4-7-16(23)2/h6,8-13,15-16H,3-5,7,14H2,1-2H3,(H,22,24)/t16-/m0/s1. The number of rotatable bonds is 5. The maximum absolute atomic E-state index is 12.4. The van der Waals surface area contributed by atoms with Gasteiger partial charge in [0.05, 0.1) is 6.61 Å². The first-order chi connectivity index (χ1) is 12.2. The van der Waals surface area contributed by atoms with Crippen LogP contribution < -0.4 is 15.0 Å². The monoisotopic (exact) mass is 338 g/mol. The molecule has 0 aliphatic carbocycles. The van der Waals surface area contributed by atoms with E-state index in [4.69, 9.17) is 4.74 Å². The Morgan fingerprint density at radius 2 is 2.00 bits per heavy atom. The summed E-state index contributed by atoms with van der Waals surface area (Å²) in [4.78, 5) is 14.9. The van der Waals surface area contributed by atoms with E-state index in [1.807, 2.05) is 31.2 Å². The molecule has 132 valence electrons. The SMILES string of the molecule is CCOc1cccc(C(=O)Nc2ccc(N3CCCC[C@@H]3C)cc2)c1. The Hall–Kier alpha value is -2.49. The molecule has 1 atom stereocenters. The summed E-state index contributed by atoms with van der Waals surface area (Å²) in [7, 11) is 0. The van der Waals surface area contributed by atoms with Crippen molar-refractivity contribution in [2.24, 2.45) is 0 Å². The molecule has 0 saturated carbocycles. The van der Waals surface area contributed by atoms with Crippen LogP contribution in [-0.2, 0) is 0 Å². The Bertz CT molecular complexity index is 712. The van der Waals surface area contributed by atoms with Crippen molar-refractivity contribution >= 4 is 17.3 Å². The Morgan fingerprint density at radius 1 is 1.20 bits per heavy atom. The van der Waals surface area contributed by atoms with Crippen LogP contribution in [0.3, 0.4) is 0 Å². The van der Waals surface area contributed by atoms with Crippen molar-refractivity contribution in [1.82, 2.24) is 0 Å². The number of benzene rings is 2. The van der Waals surface area contributed by atoms with E-state index in [0.29, 0.717) is 24.0 Å². The highest BCUT2D eigenvalue weighted by Gasteiger charge is 2.18. The predicted molar refractivity (Wildman–Crippen MR) is 103 cm³/mol. The van der Waals surface area contributed by atoms with Crippen LogP contribution in [0.1, 0.15) is 43.5 Å². The first-order valence-electron chi connectivity index (χ1n) is 9.08. The van der Waals surface area contributed by atoms with Gasteiger partial charge in [0, 0.05) is 29.5 Å². The molecule has 1 N–H and O–H groups in total. The highest BCUT2D eigenvalue weighted by Crippen LogP contribution is 2.26. The van der Waals surface area contributed by atoms with Crippen LogP contribution in [0.15, 0.2) is 48.5 Å². The molecule has 0 radical (unpaired) electrons. The maximum atomic E-state index is 12.4. The van der Waals surface area contributed by atoms with Crippen LogP contribution in [0.2, 0.25) is 0 Å². The summed E-state index contributed by atoms with van der Waals surface area (Å²) in [6.45, 7) is 5.90. The Balaban J connectivity index is 1.66. The van der Waals surface area contributed by atoms with Gasteiger partial charge in [-0.2, -0.15) is 0 Å². The van der Waals surface area contributed by atoms with Crippen molar-refractivity contribution in [3.05, 3.63) is 54.1 Å². The van der Waals surface area contributed by atoms with Crippen molar-refractivity contribution in [1.29, 1.82) is 0 Å². The van der Waals surface area contributed by atoms with E-state index in [2.05, 4.69) is 29.3 Å². The number of ether oxygens (including phenoxy) is 1. The zero-order valence-corrected chi connectivity index (χ0v) is 15.0. The fraction of sp³-hybridized carbons (Fsp3) is 0.381. The van der Waals surface area contributed by atoms with Gasteiger partial charge < -0.3 is 15.0 Å². The van der Waals surface area contributed by atoms with E-state index in [1.54, 1.807) is 12.1 Å². The minimum absolute atomic E-state index is 0.124. The van der Waals surface area contributed by atoms with Crippen molar-refractivity contribution in [3.63, 3.8) is 0 Å². The van der Waals surface area contributed by atoms with Gasteiger partial charge in [-0.05, 0) is 75.6 Å². The number of anilines is 2. The second-order valence-corrected chi connectivity index (χ2v) is 6.50. The van der Waals surface area contributed by atoms with Gasteiger partial charge in [0.2, 0.25) is 0 Å². The number of hydrogen-bond acceptors (Lipinski definition) is 3. The summed E-state index contributed by atoms with van der Waals surface area (Å²) < 4.78 is 5.45. The fourth-order valence-electron chi connectivity index (χ4n) is 3.31. The molecule has 1 aliphatic heterocycles. The lowest BCUT2D eigenvalue weighted by Crippen LogP contribution is -2.37. The Labute approximate surface area is 149 Å². The third kappa shape index (κ3) is 4.32. The summed E-state index contributed by atoms with van der Waals surface area (Å²) in [5, 5.41) is 2.96. The van der Waals surface area contributed by atoms with Crippen molar-refractivity contribution < 1.29 is 9.53 Å². The first-order valence-corrected chi connectivity index (χ1v) is 9.08. The number of nitrogens with zero attached hydrogens (tertiary/aromatic N) is 1. The number of piperidine rings is 1. The van der Waals surface area contributed by atoms with Crippen LogP contribution >= 0.6 is 0 Å². The number of carbonyl (C=O) groups excluding carboxylic acids is 1. The smallest absolute Gasteiger partial charge is 0.255 e. The van der Waals surface area contributed by atoms with Gasteiger partial charge in [-0.25, -0.2) is 0 Å². The van der Waals surface area contributed by atoms with Crippen LogP contribution in [0.25, 0.3) is 0 Å². The topological polar surface area (TPSA) is 41.6 Å². The molecule has 2 aromatic rings. The van der Waals surface area contributed by atoms with E-state index < -0.39 is 0 Å². The van der Waals surface area contributed by atoms with Gasteiger partial charge in [-0.1, -0.05) is 6.07 Å². The second-order valence-electron chi connectivity index (χ2n) is 6.50. The molecule has 25 heavy (non-hydrogen) atoms. The highest BCUT2D eigenvalue weighted by atomic mass is 16.5. The molecule has 0 aromatic heterocycles. The van der Waals surface area contributed by atoms with Gasteiger partial charge in [0.1, 0.15) is 5.75 Å². The van der Waals surface area contributed by atoms with Gasteiger partial charge >= 0.3 is 0 Å². The summed E-state index contributed by atoms with van der Waals surface area (Å²) in [5.41, 5.74) is 2.63.